The van der Waals surface area contributed by atoms with Crippen molar-refractivity contribution in [1.82, 2.24) is 10.2 Å². The molecule has 0 saturated carbocycles. The van der Waals surface area contributed by atoms with Gasteiger partial charge in [-0.15, -0.1) is 0 Å². The van der Waals surface area contributed by atoms with E-state index in [1.54, 1.807) is 0 Å². The van der Waals surface area contributed by atoms with Crippen molar-refractivity contribution in [1.29, 1.82) is 0 Å². The molecular formula is C16H22N2O4. The minimum atomic E-state index is -0.0252. The Labute approximate surface area is 130 Å². The predicted molar refractivity (Wildman–Crippen MR) is 81.2 cm³/mol. The molecule has 2 heterocycles. The van der Waals surface area contributed by atoms with Gasteiger partial charge >= 0.3 is 6.03 Å². The summed E-state index contributed by atoms with van der Waals surface area (Å²) in [4.78, 5) is 14.0. The maximum absolute atomic E-state index is 12.2. The maximum atomic E-state index is 12.2. The second-order valence-corrected chi connectivity index (χ2v) is 5.83. The Morgan fingerprint density at radius 2 is 1.95 bits per heavy atom. The highest BCUT2D eigenvalue weighted by Gasteiger charge is 2.25. The van der Waals surface area contributed by atoms with E-state index in [2.05, 4.69) is 5.32 Å². The van der Waals surface area contributed by atoms with Crippen molar-refractivity contribution in [2.24, 2.45) is 0 Å². The van der Waals surface area contributed by atoms with Gasteiger partial charge in [-0.3, -0.25) is 0 Å². The molecular weight excluding hydrogens is 284 g/mol. The fourth-order valence-corrected chi connectivity index (χ4v) is 2.87. The molecule has 120 valence electrons. The lowest BCUT2D eigenvalue weighted by molar-refractivity contribution is -0.0544. The van der Waals surface area contributed by atoms with E-state index in [1.807, 2.05) is 36.9 Å². The normalized spacial score (nSPS) is 23.5. The van der Waals surface area contributed by atoms with Crippen LogP contribution in [0.3, 0.4) is 0 Å². The summed E-state index contributed by atoms with van der Waals surface area (Å²) in [6, 6.07) is 5.85. The molecule has 0 bridgehead atoms. The van der Waals surface area contributed by atoms with Crippen LogP contribution in [-0.4, -0.2) is 49.6 Å². The molecule has 1 saturated heterocycles. The van der Waals surface area contributed by atoms with Gasteiger partial charge in [-0.25, -0.2) is 4.79 Å². The summed E-state index contributed by atoms with van der Waals surface area (Å²) < 4.78 is 16.3. The second kappa shape index (κ2) is 6.44. The first-order valence-corrected chi connectivity index (χ1v) is 7.68. The number of nitrogens with zero attached hydrogens (tertiary/aromatic N) is 1. The number of carbonyl (C=O) groups excluding carboxylic acids is 1. The van der Waals surface area contributed by atoms with Crippen molar-refractivity contribution < 1.29 is 19.0 Å². The lowest BCUT2D eigenvalue weighted by Gasteiger charge is -2.35. The van der Waals surface area contributed by atoms with Gasteiger partial charge in [0.15, 0.2) is 11.5 Å². The molecule has 1 aromatic carbocycles. The number of rotatable bonds is 3. The fraction of sp³-hybridized carbons (Fsp3) is 0.562. The monoisotopic (exact) mass is 306 g/mol. The number of hydrogen-bond acceptors (Lipinski definition) is 4. The molecule has 0 spiro atoms. The molecule has 22 heavy (non-hydrogen) atoms. The van der Waals surface area contributed by atoms with E-state index >= 15 is 0 Å². The van der Waals surface area contributed by atoms with Gasteiger partial charge < -0.3 is 24.4 Å². The molecule has 0 aromatic heterocycles. The van der Waals surface area contributed by atoms with Crippen LogP contribution in [0.15, 0.2) is 18.2 Å². The highest BCUT2D eigenvalue weighted by molar-refractivity contribution is 5.74. The van der Waals surface area contributed by atoms with E-state index in [1.165, 1.54) is 0 Å². The third-order valence-electron chi connectivity index (χ3n) is 3.83. The Balaban J connectivity index is 1.47. The smallest absolute Gasteiger partial charge is 0.317 e. The van der Waals surface area contributed by atoms with Crippen molar-refractivity contribution >= 4 is 6.03 Å². The van der Waals surface area contributed by atoms with Gasteiger partial charge in [-0.05, 0) is 38.0 Å². The molecule has 6 nitrogen and oxygen atoms in total. The van der Waals surface area contributed by atoms with Crippen molar-refractivity contribution in [2.75, 3.05) is 26.4 Å². The highest BCUT2D eigenvalue weighted by atomic mass is 16.7. The first-order valence-electron chi connectivity index (χ1n) is 7.68. The van der Waals surface area contributed by atoms with Gasteiger partial charge in [0.05, 0.1) is 12.2 Å². The van der Waals surface area contributed by atoms with Crippen molar-refractivity contribution in [3.8, 4) is 11.5 Å². The minimum absolute atomic E-state index is 0.0252. The number of ether oxygens (including phenoxy) is 3. The summed E-state index contributed by atoms with van der Waals surface area (Å²) in [5.41, 5.74) is 1.12. The highest BCUT2D eigenvalue weighted by Crippen LogP contribution is 2.32. The van der Waals surface area contributed by atoms with Crippen LogP contribution in [0.25, 0.3) is 0 Å². The molecule has 1 fully saturated rings. The Morgan fingerprint density at radius 1 is 1.23 bits per heavy atom. The number of carbonyl (C=O) groups is 1. The first-order chi connectivity index (χ1) is 10.6. The van der Waals surface area contributed by atoms with Gasteiger partial charge in [0.2, 0.25) is 6.79 Å². The zero-order valence-electron chi connectivity index (χ0n) is 13.0. The van der Waals surface area contributed by atoms with Crippen LogP contribution in [-0.2, 0) is 11.2 Å². The summed E-state index contributed by atoms with van der Waals surface area (Å²) in [6.07, 6.45) is 0.935. The molecule has 1 aromatic rings. The van der Waals surface area contributed by atoms with E-state index in [0.29, 0.717) is 19.6 Å². The van der Waals surface area contributed by atoms with Crippen LogP contribution >= 0.6 is 0 Å². The Bertz CT molecular complexity index is 539. The molecule has 1 N–H and O–H groups in total. The van der Waals surface area contributed by atoms with Crippen molar-refractivity contribution in [3.05, 3.63) is 23.8 Å². The van der Waals surface area contributed by atoms with Gasteiger partial charge in [0, 0.05) is 19.6 Å². The number of urea groups is 1. The Hall–Kier alpha value is -1.95. The van der Waals surface area contributed by atoms with Crippen LogP contribution in [0.1, 0.15) is 19.4 Å². The summed E-state index contributed by atoms with van der Waals surface area (Å²) in [5, 5.41) is 2.97. The number of amides is 2. The average molecular weight is 306 g/mol. The summed E-state index contributed by atoms with van der Waals surface area (Å²) in [7, 11) is 0. The van der Waals surface area contributed by atoms with E-state index in [9.17, 15) is 4.79 Å². The molecule has 2 unspecified atom stereocenters. The van der Waals surface area contributed by atoms with E-state index in [-0.39, 0.29) is 25.0 Å². The van der Waals surface area contributed by atoms with Crippen LogP contribution < -0.4 is 14.8 Å². The Kier molecular flexibility index (Phi) is 4.38. The van der Waals surface area contributed by atoms with Gasteiger partial charge in [0.25, 0.3) is 0 Å². The fourth-order valence-electron chi connectivity index (χ4n) is 2.87. The van der Waals surface area contributed by atoms with E-state index in [0.717, 1.165) is 23.5 Å². The summed E-state index contributed by atoms with van der Waals surface area (Å²) in [6.45, 7) is 6.13. The molecule has 2 amide bonds. The molecule has 2 atom stereocenters. The zero-order chi connectivity index (χ0) is 15.5. The number of hydrogen-bond donors (Lipinski definition) is 1. The number of nitrogens with one attached hydrogen (secondary N) is 1. The topological polar surface area (TPSA) is 60.0 Å². The molecule has 2 aliphatic rings. The lowest BCUT2D eigenvalue weighted by Crippen LogP contribution is -2.51. The third kappa shape index (κ3) is 3.44. The van der Waals surface area contributed by atoms with E-state index < -0.39 is 0 Å². The molecule has 0 aliphatic carbocycles. The van der Waals surface area contributed by atoms with Crippen LogP contribution in [0.2, 0.25) is 0 Å². The Morgan fingerprint density at radius 3 is 2.73 bits per heavy atom. The molecule has 2 aliphatic heterocycles. The minimum Gasteiger partial charge on any atom is -0.454 e. The summed E-state index contributed by atoms with van der Waals surface area (Å²) in [5.74, 6) is 1.56. The largest absolute Gasteiger partial charge is 0.454 e. The zero-order valence-corrected chi connectivity index (χ0v) is 13.0. The van der Waals surface area contributed by atoms with Gasteiger partial charge in [-0.1, -0.05) is 6.07 Å². The summed E-state index contributed by atoms with van der Waals surface area (Å²) >= 11 is 0. The SMILES string of the molecule is CC1CN(C(=O)NCCc2ccc3c(c2)OCO3)CC(C)O1. The second-order valence-electron chi connectivity index (χ2n) is 5.83. The number of benzene rings is 1. The van der Waals surface area contributed by atoms with Crippen LogP contribution in [0.5, 0.6) is 11.5 Å². The van der Waals surface area contributed by atoms with Crippen molar-refractivity contribution in [2.45, 2.75) is 32.5 Å². The molecule has 6 heteroatoms. The molecule has 0 radical (unpaired) electrons. The van der Waals surface area contributed by atoms with Crippen molar-refractivity contribution in [3.63, 3.8) is 0 Å². The predicted octanol–water partition coefficient (Wildman–Crippen LogP) is 1.78. The standard InChI is InChI=1S/C16H22N2O4/c1-11-8-18(9-12(2)22-11)16(19)17-6-5-13-3-4-14-15(7-13)21-10-20-14/h3-4,7,11-12H,5-6,8-10H2,1-2H3,(H,17,19). The third-order valence-corrected chi connectivity index (χ3v) is 3.83. The quantitative estimate of drug-likeness (QED) is 0.925. The van der Waals surface area contributed by atoms with E-state index in [4.69, 9.17) is 14.2 Å². The van der Waals surface area contributed by atoms with Crippen LogP contribution in [0, 0.1) is 0 Å². The van der Waals surface area contributed by atoms with Gasteiger partial charge in [-0.2, -0.15) is 0 Å². The lowest BCUT2D eigenvalue weighted by atomic mass is 10.1. The van der Waals surface area contributed by atoms with Gasteiger partial charge in [0.1, 0.15) is 0 Å². The molecule has 3 rings (SSSR count). The first kappa shape index (κ1) is 15.0. The average Bonchev–Trinajstić information content (AvgIpc) is 2.93. The maximum Gasteiger partial charge on any atom is 0.317 e. The number of morpholine rings is 1. The van der Waals surface area contributed by atoms with Crippen LogP contribution in [0.4, 0.5) is 4.79 Å². The number of fused-ring (bicyclic) bond motifs is 1.